The van der Waals surface area contributed by atoms with Crippen molar-refractivity contribution in [2.24, 2.45) is 5.92 Å². The number of nitrogens with two attached hydrogens (primary N) is 1. The average molecular weight is 494 g/mol. The molecule has 1 aliphatic carbocycles. The first-order valence-electron chi connectivity index (χ1n) is 12.9. The van der Waals surface area contributed by atoms with Crippen LogP contribution in [0.2, 0.25) is 0 Å². The number of hydrogen-bond donors (Lipinski definition) is 2. The number of amides is 4. The molecule has 36 heavy (non-hydrogen) atoms. The molecule has 1 saturated carbocycles. The van der Waals surface area contributed by atoms with Gasteiger partial charge in [-0.2, -0.15) is 0 Å². The van der Waals surface area contributed by atoms with Gasteiger partial charge in [-0.25, -0.2) is 9.78 Å². The first-order chi connectivity index (χ1) is 17.3. The van der Waals surface area contributed by atoms with E-state index in [1.807, 2.05) is 49.4 Å². The molecular formula is C28H39N5O3. The Morgan fingerprint density at radius 1 is 1.17 bits per heavy atom. The van der Waals surface area contributed by atoms with Crippen molar-refractivity contribution in [3.8, 4) is 0 Å². The van der Waals surface area contributed by atoms with E-state index in [-0.39, 0.29) is 24.3 Å². The van der Waals surface area contributed by atoms with E-state index in [4.69, 9.17) is 5.73 Å². The largest absolute Gasteiger partial charge is 0.384 e. The van der Waals surface area contributed by atoms with Crippen molar-refractivity contribution in [1.29, 1.82) is 0 Å². The summed E-state index contributed by atoms with van der Waals surface area (Å²) in [6, 6.07) is 12.0. The number of aryl methyl sites for hydroxylation is 1. The molecule has 2 fully saturated rings. The van der Waals surface area contributed by atoms with E-state index in [1.54, 1.807) is 13.2 Å². The number of likely N-dealkylation sites (N-methyl/N-ethyl adjacent to an activating group) is 1. The number of likely N-dealkylation sites (tertiary alicyclic amines) is 1. The van der Waals surface area contributed by atoms with E-state index in [9.17, 15) is 14.4 Å². The minimum Gasteiger partial charge on any atom is -0.384 e. The molecule has 2 aliphatic rings. The first-order valence-corrected chi connectivity index (χ1v) is 12.9. The van der Waals surface area contributed by atoms with E-state index in [2.05, 4.69) is 17.2 Å². The molecule has 2 heterocycles. The lowest BCUT2D eigenvalue weighted by atomic mass is 9.82. The van der Waals surface area contributed by atoms with Crippen LogP contribution in [-0.4, -0.2) is 46.9 Å². The molecule has 8 heteroatoms. The summed E-state index contributed by atoms with van der Waals surface area (Å²) in [5.74, 6) is 0.544. The van der Waals surface area contributed by atoms with Crippen molar-refractivity contribution in [3.63, 3.8) is 0 Å². The summed E-state index contributed by atoms with van der Waals surface area (Å²) in [7, 11) is 1.68. The fraction of sp³-hybridized carbons (Fsp3) is 0.500. The number of nitrogens with zero attached hydrogens (tertiary/aromatic N) is 3. The topological polar surface area (TPSA) is 109 Å². The SMILES string of the molecule is CCCC(NC(=O)N1C(=O)CC1C(=O)N(C)c1ccccc1)C1CCCCC1.Cc1ccnc(N)c1. The molecule has 4 rings (SSSR count). The lowest BCUT2D eigenvalue weighted by Gasteiger charge is -2.41. The zero-order valence-electron chi connectivity index (χ0n) is 21.7. The molecule has 1 aromatic heterocycles. The number of aromatic nitrogens is 1. The third kappa shape index (κ3) is 7.06. The Morgan fingerprint density at radius 3 is 2.42 bits per heavy atom. The quantitative estimate of drug-likeness (QED) is 0.568. The molecule has 1 saturated heterocycles. The van der Waals surface area contributed by atoms with Gasteiger partial charge in [0.15, 0.2) is 0 Å². The van der Waals surface area contributed by atoms with Crippen LogP contribution < -0.4 is 16.0 Å². The molecule has 0 spiro atoms. The van der Waals surface area contributed by atoms with Gasteiger partial charge in [-0.3, -0.25) is 14.5 Å². The molecule has 2 atom stereocenters. The summed E-state index contributed by atoms with van der Waals surface area (Å²) in [5, 5.41) is 3.08. The van der Waals surface area contributed by atoms with Crippen LogP contribution >= 0.6 is 0 Å². The van der Waals surface area contributed by atoms with Gasteiger partial charge in [-0.15, -0.1) is 0 Å². The zero-order valence-corrected chi connectivity index (χ0v) is 21.7. The molecule has 0 radical (unpaired) electrons. The molecule has 1 aromatic carbocycles. The van der Waals surface area contributed by atoms with Gasteiger partial charge in [0, 0.05) is 25.0 Å². The molecule has 1 aliphatic heterocycles. The van der Waals surface area contributed by atoms with Crippen molar-refractivity contribution in [2.75, 3.05) is 17.7 Å². The molecule has 3 N–H and O–H groups in total. The standard InChI is InChI=1S/C22H31N3O3.C6H8N2/c1-3-10-18(16-11-6-4-7-12-16)23-22(28)25-19(15-20(25)26)21(27)24(2)17-13-8-5-9-14-17;1-5-2-3-8-6(7)4-5/h5,8-9,13-14,16,18-19H,3-4,6-7,10-12,15H2,1-2H3,(H,23,28);2-4H,1H3,(H2,7,8). The van der Waals surface area contributed by atoms with E-state index >= 15 is 0 Å². The van der Waals surface area contributed by atoms with Gasteiger partial charge >= 0.3 is 6.03 Å². The van der Waals surface area contributed by atoms with Crippen LogP contribution in [0.1, 0.15) is 63.9 Å². The Kier molecular flexibility index (Phi) is 9.85. The normalized spacial score (nSPS) is 18.4. The summed E-state index contributed by atoms with van der Waals surface area (Å²) < 4.78 is 0. The van der Waals surface area contributed by atoms with Crippen LogP contribution in [0.4, 0.5) is 16.3 Å². The molecule has 4 amide bonds. The fourth-order valence-electron chi connectivity index (χ4n) is 4.93. The fourth-order valence-corrected chi connectivity index (χ4v) is 4.93. The second-order valence-corrected chi connectivity index (χ2v) is 9.72. The number of benzene rings is 1. The molecule has 0 bridgehead atoms. The van der Waals surface area contributed by atoms with Crippen molar-refractivity contribution in [3.05, 3.63) is 54.2 Å². The van der Waals surface area contributed by atoms with E-state index in [0.29, 0.717) is 11.7 Å². The van der Waals surface area contributed by atoms with E-state index < -0.39 is 12.1 Å². The Balaban J connectivity index is 0.000000383. The number of imide groups is 1. The maximum absolute atomic E-state index is 12.9. The lowest BCUT2D eigenvalue weighted by Crippen LogP contribution is -2.65. The van der Waals surface area contributed by atoms with Crippen molar-refractivity contribution in [1.82, 2.24) is 15.2 Å². The second kappa shape index (κ2) is 13.0. The highest BCUT2D eigenvalue weighted by Gasteiger charge is 2.47. The number of carbonyl (C=O) groups excluding carboxylic acids is 3. The summed E-state index contributed by atoms with van der Waals surface area (Å²) in [6.07, 6.45) is 9.58. The predicted octanol–water partition coefficient (Wildman–Crippen LogP) is 4.68. The van der Waals surface area contributed by atoms with Crippen LogP contribution in [0.25, 0.3) is 0 Å². The Hall–Kier alpha value is -3.42. The summed E-state index contributed by atoms with van der Waals surface area (Å²) >= 11 is 0. The predicted molar refractivity (Wildman–Crippen MR) is 142 cm³/mol. The maximum Gasteiger partial charge on any atom is 0.325 e. The monoisotopic (exact) mass is 493 g/mol. The van der Waals surface area contributed by atoms with Crippen molar-refractivity contribution < 1.29 is 14.4 Å². The number of rotatable bonds is 6. The van der Waals surface area contributed by atoms with Crippen molar-refractivity contribution in [2.45, 2.75) is 77.3 Å². The van der Waals surface area contributed by atoms with Gasteiger partial charge in [0.05, 0.1) is 6.42 Å². The summed E-state index contributed by atoms with van der Waals surface area (Å²) in [5.41, 5.74) is 7.25. The molecule has 2 unspecified atom stereocenters. The average Bonchev–Trinajstić information content (AvgIpc) is 2.87. The molecule has 194 valence electrons. The number of nitrogens with one attached hydrogen (secondary N) is 1. The Labute approximate surface area is 214 Å². The van der Waals surface area contributed by atoms with Crippen LogP contribution in [0.5, 0.6) is 0 Å². The van der Waals surface area contributed by atoms with Gasteiger partial charge in [-0.05, 0) is 61.9 Å². The van der Waals surface area contributed by atoms with Crippen LogP contribution in [0.3, 0.4) is 0 Å². The number of urea groups is 1. The molecule has 2 aromatic rings. The molecule has 8 nitrogen and oxygen atoms in total. The van der Waals surface area contributed by atoms with Crippen LogP contribution in [0, 0.1) is 12.8 Å². The lowest BCUT2D eigenvalue weighted by molar-refractivity contribution is -0.147. The highest BCUT2D eigenvalue weighted by atomic mass is 16.2. The van der Waals surface area contributed by atoms with Gasteiger partial charge in [-0.1, -0.05) is 50.8 Å². The highest BCUT2D eigenvalue weighted by Crippen LogP contribution is 2.29. The van der Waals surface area contributed by atoms with Gasteiger partial charge < -0.3 is 16.0 Å². The highest BCUT2D eigenvalue weighted by molar-refractivity contribution is 6.11. The number of para-hydroxylation sites is 1. The second-order valence-electron chi connectivity index (χ2n) is 9.72. The summed E-state index contributed by atoms with van der Waals surface area (Å²) in [4.78, 5) is 44.3. The number of nitrogen functional groups attached to an aromatic ring is 1. The number of β-lactam (4-membered cyclic amide) rings is 1. The zero-order chi connectivity index (χ0) is 26.1. The van der Waals surface area contributed by atoms with Crippen molar-refractivity contribution >= 4 is 29.4 Å². The maximum atomic E-state index is 12.9. The number of pyridine rings is 1. The molecular weight excluding hydrogens is 454 g/mol. The van der Waals surface area contributed by atoms with E-state index in [0.717, 1.165) is 41.8 Å². The van der Waals surface area contributed by atoms with Gasteiger partial charge in [0.2, 0.25) is 5.91 Å². The minimum atomic E-state index is -0.716. The third-order valence-corrected chi connectivity index (χ3v) is 6.99. The summed E-state index contributed by atoms with van der Waals surface area (Å²) in [6.45, 7) is 4.09. The van der Waals surface area contributed by atoms with Crippen LogP contribution in [-0.2, 0) is 9.59 Å². The van der Waals surface area contributed by atoms with Gasteiger partial charge in [0.25, 0.3) is 5.91 Å². The minimum absolute atomic E-state index is 0.0776. The number of anilines is 2. The third-order valence-electron chi connectivity index (χ3n) is 6.99. The number of carbonyl (C=O) groups is 3. The van der Waals surface area contributed by atoms with Crippen LogP contribution in [0.15, 0.2) is 48.7 Å². The number of hydrogen-bond acceptors (Lipinski definition) is 5. The Bertz CT molecular complexity index is 1010. The first kappa shape index (κ1) is 27.2. The smallest absolute Gasteiger partial charge is 0.325 e. The Morgan fingerprint density at radius 2 is 1.86 bits per heavy atom. The van der Waals surface area contributed by atoms with Gasteiger partial charge in [0.1, 0.15) is 11.9 Å². The van der Waals surface area contributed by atoms with E-state index in [1.165, 1.54) is 24.2 Å².